The zero-order valence-corrected chi connectivity index (χ0v) is 12.0. The van der Waals surface area contributed by atoms with E-state index in [0.29, 0.717) is 12.0 Å². The molecule has 0 saturated heterocycles. The van der Waals surface area contributed by atoms with E-state index < -0.39 is 5.82 Å². The molecule has 3 aromatic rings. The molecule has 4 heteroatoms. The molecule has 0 aliphatic carbocycles. The minimum absolute atomic E-state index is 0.0222. The van der Waals surface area contributed by atoms with E-state index in [0.717, 1.165) is 15.6 Å². The molecule has 1 aromatic heterocycles. The van der Waals surface area contributed by atoms with Gasteiger partial charge in [0, 0.05) is 16.7 Å². The Kier molecular flexibility index (Phi) is 3.55. The molecule has 0 N–H and O–H groups in total. The van der Waals surface area contributed by atoms with Crippen molar-refractivity contribution in [1.29, 1.82) is 0 Å². The average molecular weight is 305 g/mol. The summed E-state index contributed by atoms with van der Waals surface area (Å²) in [5, 5.41) is 3.07. The number of fused-ring (bicyclic) bond motifs is 1. The number of hydrogen-bond acceptors (Lipinski definition) is 2. The monoisotopic (exact) mass is 304 g/mol. The van der Waals surface area contributed by atoms with E-state index in [4.69, 9.17) is 11.6 Å². The van der Waals surface area contributed by atoms with Crippen molar-refractivity contribution in [1.82, 2.24) is 0 Å². The van der Waals surface area contributed by atoms with Gasteiger partial charge in [0.2, 0.25) is 0 Å². The number of benzene rings is 2. The molecule has 0 fully saturated rings. The molecular formula is C16H10ClFOS. The van der Waals surface area contributed by atoms with Gasteiger partial charge in [-0.05, 0) is 40.6 Å². The third kappa shape index (κ3) is 2.47. The van der Waals surface area contributed by atoms with Crippen LogP contribution in [0.2, 0.25) is 5.02 Å². The second kappa shape index (κ2) is 5.35. The van der Waals surface area contributed by atoms with E-state index in [9.17, 15) is 9.18 Å². The van der Waals surface area contributed by atoms with Crippen molar-refractivity contribution in [2.75, 3.05) is 0 Å². The van der Waals surface area contributed by atoms with Gasteiger partial charge >= 0.3 is 0 Å². The summed E-state index contributed by atoms with van der Waals surface area (Å²) < 4.78 is 14.3. The Balaban J connectivity index is 1.90. The van der Waals surface area contributed by atoms with Gasteiger partial charge in [-0.1, -0.05) is 29.8 Å². The van der Waals surface area contributed by atoms with E-state index in [-0.39, 0.29) is 10.8 Å². The standard InChI is InChI=1S/C16H10ClFOS/c17-13-7-10(5-6-14(13)18)15(19)8-11-9-20-16-4-2-1-3-12(11)16/h1-7,9H,8H2. The molecule has 0 spiro atoms. The molecule has 0 amide bonds. The highest BCUT2D eigenvalue weighted by Crippen LogP contribution is 2.27. The third-order valence-corrected chi connectivity index (χ3v) is 4.46. The van der Waals surface area contributed by atoms with Crippen LogP contribution in [0.25, 0.3) is 10.1 Å². The first kappa shape index (κ1) is 13.3. The molecule has 2 aromatic carbocycles. The maximum Gasteiger partial charge on any atom is 0.167 e. The highest BCUT2D eigenvalue weighted by Gasteiger charge is 2.12. The summed E-state index contributed by atoms with van der Waals surface area (Å²) >= 11 is 7.33. The number of Topliss-reactive ketones (excluding diaryl/α,β-unsaturated/α-hetero) is 1. The first-order valence-electron chi connectivity index (χ1n) is 6.08. The second-order valence-corrected chi connectivity index (χ2v) is 5.80. The molecule has 1 heterocycles. The van der Waals surface area contributed by atoms with Crippen LogP contribution in [0.5, 0.6) is 0 Å². The molecule has 1 nitrogen and oxygen atoms in total. The van der Waals surface area contributed by atoms with Crippen LogP contribution in [-0.4, -0.2) is 5.78 Å². The van der Waals surface area contributed by atoms with Gasteiger partial charge in [-0.2, -0.15) is 0 Å². The van der Waals surface area contributed by atoms with Crippen LogP contribution in [0.3, 0.4) is 0 Å². The number of halogens is 2. The highest BCUT2D eigenvalue weighted by atomic mass is 35.5. The molecule has 0 aliphatic heterocycles. The summed E-state index contributed by atoms with van der Waals surface area (Å²) in [7, 11) is 0. The lowest BCUT2D eigenvalue weighted by atomic mass is 10.0. The third-order valence-electron chi connectivity index (χ3n) is 3.15. The molecule has 0 bridgehead atoms. The smallest absolute Gasteiger partial charge is 0.167 e. The van der Waals surface area contributed by atoms with Crippen molar-refractivity contribution in [2.24, 2.45) is 0 Å². The Bertz CT molecular complexity index is 794. The number of ketones is 1. The Hall–Kier alpha value is -1.71. The van der Waals surface area contributed by atoms with E-state index in [1.54, 1.807) is 11.3 Å². The van der Waals surface area contributed by atoms with Crippen LogP contribution in [0, 0.1) is 5.82 Å². The van der Waals surface area contributed by atoms with Crippen LogP contribution in [0.1, 0.15) is 15.9 Å². The van der Waals surface area contributed by atoms with E-state index in [2.05, 4.69) is 0 Å². The molecule has 100 valence electrons. The summed E-state index contributed by atoms with van der Waals surface area (Å²) in [5.74, 6) is -0.570. The number of rotatable bonds is 3. The van der Waals surface area contributed by atoms with Crippen molar-refractivity contribution in [3.05, 3.63) is 69.8 Å². The van der Waals surface area contributed by atoms with Crippen LogP contribution in [0.4, 0.5) is 4.39 Å². The average Bonchev–Trinajstić information content (AvgIpc) is 2.85. The lowest BCUT2D eigenvalue weighted by Crippen LogP contribution is -2.03. The van der Waals surface area contributed by atoms with Crippen LogP contribution in [0.15, 0.2) is 47.8 Å². The molecule has 3 rings (SSSR count). The minimum Gasteiger partial charge on any atom is -0.294 e. The number of carbonyl (C=O) groups is 1. The predicted molar refractivity (Wildman–Crippen MR) is 81.3 cm³/mol. The second-order valence-electron chi connectivity index (χ2n) is 4.49. The number of carbonyl (C=O) groups excluding carboxylic acids is 1. The molecule has 0 saturated carbocycles. The van der Waals surface area contributed by atoms with Gasteiger partial charge in [0.25, 0.3) is 0 Å². The fraction of sp³-hybridized carbons (Fsp3) is 0.0625. The Morgan fingerprint density at radius 2 is 2.00 bits per heavy atom. The molecule has 0 unspecified atom stereocenters. The van der Waals surface area contributed by atoms with Crippen LogP contribution < -0.4 is 0 Å². The maximum atomic E-state index is 13.1. The van der Waals surface area contributed by atoms with Crippen LogP contribution in [-0.2, 0) is 6.42 Å². The van der Waals surface area contributed by atoms with Gasteiger partial charge in [-0.15, -0.1) is 11.3 Å². The zero-order valence-electron chi connectivity index (χ0n) is 10.4. The number of thiophene rings is 1. The highest BCUT2D eigenvalue weighted by molar-refractivity contribution is 7.17. The number of hydrogen-bond donors (Lipinski definition) is 0. The SMILES string of the molecule is O=C(Cc1csc2ccccc12)c1ccc(F)c(Cl)c1. The molecule has 0 aliphatic rings. The summed E-state index contributed by atoms with van der Waals surface area (Å²) in [4.78, 5) is 12.2. The van der Waals surface area contributed by atoms with Crippen molar-refractivity contribution in [3.8, 4) is 0 Å². The van der Waals surface area contributed by atoms with Gasteiger partial charge < -0.3 is 0 Å². The van der Waals surface area contributed by atoms with Gasteiger partial charge in [0.15, 0.2) is 5.78 Å². The van der Waals surface area contributed by atoms with Crippen molar-refractivity contribution in [2.45, 2.75) is 6.42 Å². The predicted octanol–water partition coefficient (Wildman–Crippen LogP) is 5.12. The lowest BCUT2D eigenvalue weighted by Gasteiger charge is -2.02. The first-order valence-corrected chi connectivity index (χ1v) is 7.34. The zero-order chi connectivity index (χ0) is 14.1. The Morgan fingerprint density at radius 1 is 1.20 bits per heavy atom. The summed E-state index contributed by atoms with van der Waals surface area (Å²) in [6.07, 6.45) is 0.298. The van der Waals surface area contributed by atoms with Gasteiger partial charge in [-0.3, -0.25) is 4.79 Å². The fourth-order valence-corrected chi connectivity index (χ4v) is 3.26. The van der Waals surface area contributed by atoms with Crippen molar-refractivity contribution >= 4 is 38.8 Å². The van der Waals surface area contributed by atoms with Crippen molar-refractivity contribution < 1.29 is 9.18 Å². The largest absolute Gasteiger partial charge is 0.294 e. The minimum atomic E-state index is -0.510. The topological polar surface area (TPSA) is 17.1 Å². The molecule has 0 radical (unpaired) electrons. The van der Waals surface area contributed by atoms with E-state index in [1.807, 2.05) is 29.6 Å². The Morgan fingerprint density at radius 3 is 2.80 bits per heavy atom. The van der Waals surface area contributed by atoms with Gasteiger partial charge in [0.1, 0.15) is 5.82 Å². The van der Waals surface area contributed by atoms with Crippen LogP contribution >= 0.6 is 22.9 Å². The summed E-state index contributed by atoms with van der Waals surface area (Å²) in [6, 6.07) is 12.0. The summed E-state index contributed by atoms with van der Waals surface area (Å²) in [5.41, 5.74) is 1.43. The first-order chi connectivity index (χ1) is 9.65. The molecular weight excluding hydrogens is 295 g/mol. The summed E-state index contributed by atoms with van der Waals surface area (Å²) in [6.45, 7) is 0. The maximum absolute atomic E-state index is 13.1. The van der Waals surface area contributed by atoms with Crippen molar-refractivity contribution in [3.63, 3.8) is 0 Å². The quantitative estimate of drug-likeness (QED) is 0.614. The molecule has 0 atom stereocenters. The van der Waals surface area contributed by atoms with Gasteiger partial charge in [0.05, 0.1) is 5.02 Å². The Labute approximate surface area is 124 Å². The lowest BCUT2D eigenvalue weighted by molar-refractivity contribution is 0.0993. The van der Waals surface area contributed by atoms with E-state index in [1.165, 1.54) is 18.2 Å². The van der Waals surface area contributed by atoms with E-state index >= 15 is 0 Å². The normalized spacial score (nSPS) is 10.9. The fourth-order valence-electron chi connectivity index (χ4n) is 2.11. The molecule has 20 heavy (non-hydrogen) atoms. The van der Waals surface area contributed by atoms with Gasteiger partial charge in [-0.25, -0.2) is 4.39 Å².